The van der Waals surface area contributed by atoms with Gasteiger partial charge in [0.25, 0.3) is 0 Å². The minimum atomic E-state index is -1.28. The lowest BCUT2D eigenvalue weighted by Gasteiger charge is -2.26. The van der Waals surface area contributed by atoms with E-state index in [-0.39, 0.29) is 13.2 Å². The Balaban J connectivity index is 1.70. The number of likely N-dealkylation sites (N-methyl/N-ethyl adjacent to an activating group) is 1. The summed E-state index contributed by atoms with van der Waals surface area (Å²) >= 11 is 0. The van der Waals surface area contributed by atoms with Crippen LogP contribution in [0.5, 0.6) is 0 Å². The van der Waals surface area contributed by atoms with Gasteiger partial charge in [0.1, 0.15) is 12.6 Å². The van der Waals surface area contributed by atoms with Crippen LogP contribution in [0.25, 0.3) is 0 Å². The molecule has 3 atom stereocenters. The molecular weight excluding hydrogens is 438 g/mol. The van der Waals surface area contributed by atoms with Crippen molar-refractivity contribution >= 4 is 23.9 Å². The summed E-state index contributed by atoms with van der Waals surface area (Å²) < 4.78 is 5.49. The van der Waals surface area contributed by atoms with Gasteiger partial charge in [-0.25, -0.2) is 14.5 Å². The number of aryl methyl sites for hydroxylation is 1. The van der Waals surface area contributed by atoms with E-state index in [1.54, 1.807) is 0 Å². The summed E-state index contributed by atoms with van der Waals surface area (Å²) in [4.78, 5) is 51.9. The lowest BCUT2D eigenvalue weighted by Crippen LogP contribution is -2.54. The molecule has 9 nitrogen and oxygen atoms in total. The molecule has 1 heterocycles. The third kappa shape index (κ3) is 6.20. The Bertz CT molecular complexity index is 1010. The van der Waals surface area contributed by atoms with Crippen LogP contribution in [0, 0.1) is 0 Å². The number of carboxylic acids is 1. The summed E-state index contributed by atoms with van der Waals surface area (Å²) in [6, 6.07) is 15.1. The molecule has 2 N–H and O–H groups in total. The average molecular weight is 468 g/mol. The number of esters is 1. The molecule has 0 saturated carbocycles. The molecule has 0 unspecified atom stereocenters. The molecule has 9 heteroatoms. The zero-order valence-electron chi connectivity index (χ0n) is 19.2. The monoisotopic (exact) mass is 467 g/mol. The largest absolute Gasteiger partial charge is 0.480 e. The number of nitrogens with one attached hydrogen (secondary N) is 1. The van der Waals surface area contributed by atoms with E-state index >= 15 is 0 Å². The Kier molecular flexibility index (Phi) is 8.37. The maximum absolute atomic E-state index is 13.0. The molecule has 0 aromatic heterocycles. The highest BCUT2D eigenvalue weighted by Gasteiger charge is 2.45. The van der Waals surface area contributed by atoms with Crippen molar-refractivity contribution in [3.8, 4) is 0 Å². The normalized spacial score (nSPS) is 17.4. The molecule has 2 aromatic rings. The van der Waals surface area contributed by atoms with Gasteiger partial charge in [0.15, 0.2) is 6.04 Å². The molecule has 1 aliphatic heterocycles. The quantitative estimate of drug-likeness (QED) is 0.514. The van der Waals surface area contributed by atoms with Gasteiger partial charge < -0.3 is 14.7 Å². The minimum absolute atomic E-state index is 0.0853. The molecule has 0 spiro atoms. The lowest BCUT2D eigenvalue weighted by atomic mass is 10.0. The van der Waals surface area contributed by atoms with E-state index < -0.39 is 42.0 Å². The molecule has 180 valence electrons. The Morgan fingerprint density at radius 1 is 1.06 bits per heavy atom. The van der Waals surface area contributed by atoms with Crippen LogP contribution in [-0.4, -0.2) is 70.5 Å². The van der Waals surface area contributed by atoms with E-state index in [4.69, 9.17) is 4.74 Å². The van der Waals surface area contributed by atoms with Crippen LogP contribution in [0.2, 0.25) is 0 Å². The molecular formula is C25H29N3O6. The highest BCUT2D eigenvalue weighted by molar-refractivity contribution is 6.02. The van der Waals surface area contributed by atoms with Crippen LogP contribution in [0.15, 0.2) is 60.7 Å². The fraction of sp³-hybridized carbons (Fsp3) is 0.360. The van der Waals surface area contributed by atoms with Gasteiger partial charge in [-0.2, -0.15) is 0 Å². The van der Waals surface area contributed by atoms with Crippen LogP contribution in [0.3, 0.4) is 0 Å². The standard InChI is InChI=1S/C25H29N3O6/c1-17(22(29)28-21(23(30)31)15-27(2)25(28)33)26-20(14-13-18-9-5-3-6-10-18)24(32)34-16-19-11-7-4-8-12-19/h3-12,17,20-21,26H,13-16H2,1-2H3,(H,30,31)/t17-,20+,21+/m1/s1. The predicted octanol–water partition coefficient (Wildman–Crippen LogP) is 2.06. The van der Waals surface area contributed by atoms with Gasteiger partial charge >= 0.3 is 18.0 Å². The van der Waals surface area contributed by atoms with E-state index in [2.05, 4.69) is 5.32 Å². The lowest BCUT2D eigenvalue weighted by molar-refractivity contribution is -0.149. The van der Waals surface area contributed by atoms with Crippen molar-refractivity contribution in [1.29, 1.82) is 0 Å². The van der Waals surface area contributed by atoms with Crippen molar-refractivity contribution in [2.24, 2.45) is 0 Å². The number of nitrogens with zero attached hydrogens (tertiary/aromatic N) is 2. The van der Waals surface area contributed by atoms with Crippen molar-refractivity contribution in [1.82, 2.24) is 15.1 Å². The first kappa shape index (κ1) is 24.9. The molecule has 1 aliphatic rings. The molecule has 1 saturated heterocycles. The SMILES string of the molecule is C[C@@H](N[C@@H](CCc1ccccc1)C(=O)OCc1ccccc1)C(=O)N1C(=O)N(C)C[C@H]1C(=O)O. The summed E-state index contributed by atoms with van der Waals surface area (Å²) in [5.41, 5.74) is 1.85. The van der Waals surface area contributed by atoms with Gasteiger partial charge in [0.05, 0.1) is 12.6 Å². The maximum atomic E-state index is 13.0. The Hall–Kier alpha value is -3.72. The average Bonchev–Trinajstić information content (AvgIpc) is 3.15. The first-order chi connectivity index (χ1) is 16.3. The fourth-order valence-electron chi connectivity index (χ4n) is 3.81. The highest BCUT2D eigenvalue weighted by atomic mass is 16.5. The summed E-state index contributed by atoms with van der Waals surface area (Å²) in [5, 5.41) is 12.4. The van der Waals surface area contributed by atoms with Crippen molar-refractivity contribution in [3.63, 3.8) is 0 Å². The number of rotatable bonds is 10. The smallest absolute Gasteiger partial charge is 0.328 e. The summed E-state index contributed by atoms with van der Waals surface area (Å²) in [6.07, 6.45) is 0.911. The predicted molar refractivity (Wildman–Crippen MR) is 124 cm³/mol. The van der Waals surface area contributed by atoms with Crippen LogP contribution in [0.4, 0.5) is 4.79 Å². The van der Waals surface area contributed by atoms with Crippen LogP contribution in [0.1, 0.15) is 24.5 Å². The first-order valence-corrected chi connectivity index (χ1v) is 11.1. The van der Waals surface area contributed by atoms with Gasteiger partial charge in [0.2, 0.25) is 5.91 Å². The topological polar surface area (TPSA) is 116 Å². The minimum Gasteiger partial charge on any atom is -0.480 e. The number of imide groups is 1. The molecule has 3 rings (SSSR count). The van der Waals surface area contributed by atoms with Gasteiger partial charge in [-0.15, -0.1) is 0 Å². The van der Waals surface area contributed by atoms with Gasteiger partial charge in [-0.05, 0) is 30.9 Å². The van der Waals surface area contributed by atoms with Gasteiger partial charge in [-0.1, -0.05) is 60.7 Å². The zero-order chi connectivity index (χ0) is 24.7. The number of amides is 3. The third-order valence-corrected chi connectivity index (χ3v) is 5.71. The van der Waals surface area contributed by atoms with Crippen LogP contribution < -0.4 is 5.32 Å². The summed E-state index contributed by atoms with van der Waals surface area (Å²) in [5.74, 6) is -2.50. The van der Waals surface area contributed by atoms with E-state index in [9.17, 15) is 24.3 Å². The van der Waals surface area contributed by atoms with Crippen LogP contribution >= 0.6 is 0 Å². The Labute approximate surface area is 198 Å². The zero-order valence-corrected chi connectivity index (χ0v) is 19.2. The second-order valence-electron chi connectivity index (χ2n) is 8.28. The van der Waals surface area contributed by atoms with Crippen molar-refractivity contribution < 1.29 is 29.0 Å². The highest BCUT2D eigenvalue weighted by Crippen LogP contribution is 2.17. The molecule has 0 aliphatic carbocycles. The maximum Gasteiger partial charge on any atom is 0.328 e. The third-order valence-electron chi connectivity index (χ3n) is 5.71. The van der Waals surface area contributed by atoms with E-state index in [0.29, 0.717) is 12.8 Å². The number of ether oxygens (including phenoxy) is 1. The first-order valence-electron chi connectivity index (χ1n) is 11.1. The van der Waals surface area contributed by atoms with Gasteiger partial charge in [-0.3, -0.25) is 14.9 Å². The second kappa shape index (κ2) is 11.4. The van der Waals surface area contributed by atoms with E-state index in [1.807, 2.05) is 60.7 Å². The van der Waals surface area contributed by atoms with E-state index in [0.717, 1.165) is 16.0 Å². The number of carboxylic acid groups (broad SMARTS) is 1. The number of hydrogen-bond donors (Lipinski definition) is 2. The number of carbonyl (C=O) groups excluding carboxylic acids is 3. The molecule has 2 aromatic carbocycles. The molecule has 1 fully saturated rings. The van der Waals surface area contributed by atoms with Crippen LogP contribution in [-0.2, 0) is 32.1 Å². The molecule has 34 heavy (non-hydrogen) atoms. The second-order valence-corrected chi connectivity index (χ2v) is 8.28. The molecule has 0 bridgehead atoms. The van der Waals surface area contributed by atoms with Crippen molar-refractivity contribution in [2.75, 3.05) is 13.6 Å². The van der Waals surface area contributed by atoms with E-state index in [1.165, 1.54) is 18.9 Å². The molecule has 0 radical (unpaired) electrons. The Morgan fingerprint density at radius 2 is 1.65 bits per heavy atom. The Morgan fingerprint density at radius 3 is 2.24 bits per heavy atom. The van der Waals surface area contributed by atoms with Gasteiger partial charge in [0, 0.05) is 7.05 Å². The number of hydrogen-bond acceptors (Lipinski definition) is 6. The number of benzene rings is 2. The number of carbonyl (C=O) groups is 4. The number of aliphatic carboxylic acids is 1. The number of urea groups is 1. The molecule has 3 amide bonds. The fourth-order valence-corrected chi connectivity index (χ4v) is 3.81. The van der Waals surface area contributed by atoms with Crippen molar-refractivity contribution in [3.05, 3.63) is 71.8 Å². The summed E-state index contributed by atoms with van der Waals surface area (Å²) in [6.45, 7) is 1.50. The summed E-state index contributed by atoms with van der Waals surface area (Å²) in [7, 11) is 1.44. The van der Waals surface area contributed by atoms with Crippen molar-refractivity contribution in [2.45, 2.75) is 44.5 Å².